The van der Waals surface area contributed by atoms with Crippen LogP contribution in [0.4, 0.5) is 0 Å². The zero-order valence-electron chi connectivity index (χ0n) is 6.29. The van der Waals surface area contributed by atoms with E-state index in [4.69, 9.17) is 0 Å². The molecule has 2 rings (SSSR count). The van der Waals surface area contributed by atoms with Gasteiger partial charge in [0.2, 0.25) is 0 Å². The maximum absolute atomic E-state index is 10.6. The summed E-state index contributed by atoms with van der Waals surface area (Å²) in [5.41, 5.74) is 2.77. The lowest BCUT2D eigenvalue weighted by atomic mass is 10.2. The summed E-state index contributed by atoms with van der Waals surface area (Å²) in [6, 6.07) is 0. The van der Waals surface area contributed by atoms with E-state index in [0.717, 1.165) is 30.6 Å². The number of nitrogens with zero attached hydrogens (tertiary/aromatic N) is 2. The highest BCUT2D eigenvalue weighted by Gasteiger charge is 2.19. The van der Waals surface area contributed by atoms with Crippen molar-refractivity contribution in [2.24, 2.45) is 7.05 Å². The lowest BCUT2D eigenvalue weighted by Crippen LogP contribution is -2.07. The van der Waals surface area contributed by atoms with E-state index >= 15 is 0 Å². The summed E-state index contributed by atoms with van der Waals surface area (Å²) in [4.78, 5) is 10.6. The van der Waals surface area contributed by atoms with Crippen molar-refractivity contribution in [3.8, 4) is 0 Å². The fourth-order valence-corrected chi connectivity index (χ4v) is 1.43. The van der Waals surface area contributed by atoms with Gasteiger partial charge in [0.1, 0.15) is 5.69 Å². The summed E-state index contributed by atoms with van der Waals surface area (Å²) < 4.78 is 1.64. The van der Waals surface area contributed by atoms with E-state index in [0.29, 0.717) is 5.69 Å². The van der Waals surface area contributed by atoms with Gasteiger partial charge in [-0.2, -0.15) is 5.10 Å². The molecule has 11 heavy (non-hydrogen) atoms. The fourth-order valence-electron chi connectivity index (χ4n) is 1.43. The molecule has 4 heteroatoms. The average molecular weight is 151 g/mol. The van der Waals surface area contributed by atoms with Crippen LogP contribution in [-0.4, -0.2) is 16.1 Å². The predicted octanol–water partition coefficient (Wildman–Crippen LogP) is -0.164. The van der Waals surface area contributed by atoms with Gasteiger partial charge in [-0.1, -0.05) is 0 Å². The van der Waals surface area contributed by atoms with Gasteiger partial charge in [0.25, 0.3) is 0 Å². The Labute approximate surface area is 64.2 Å². The van der Waals surface area contributed by atoms with Crippen molar-refractivity contribution in [2.45, 2.75) is 13.1 Å². The van der Waals surface area contributed by atoms with Gasteiger partial charge in [-0.25, -0.2) is 0 Å². The molecule has 0 unspecified atom stereocenters. The molecule has 1 aromatic rings. The molecule has 0 fully saturated rings. The first-order chi connectivity index (χ1) is 5.33. The molecule has 1 aliphatic rings. The number of hydrogen-bond acceptors (Lipinski definition) is 3. The Morgan fingerprint density at radius 2 is 2.45 bits per heavy atom. The first-order valence-electron chi connectivity index (χ1n) is 3.53. The summed E-state index contributed by atoms with van der Waals surface area (Å²) in [5, 5.41) is 7.32. The van der Waals surface area contributed by atoms with Gasteiger partial charge in [-0.3, -0.25) is 9.48 Å². The van der Waals surface area contributed by atoms with E-state index in [1.165, 1.54) is 0 Å². The Balaban J connectivity index is 2.60. The zero-order chi connectivity index (χ0) is 7.84. The van der Waals surface area contributed by atoms with Crippen molar-refractivity contribution in [3.05, 3.63) is 17.0 Å². The van der Waals surface area contributed by atoms with E-state index in [1.807, 2.05) is 0 Å². The smallest absolute Gasteiger partial charge is 0.168 e. The number of fused-ring (bicyclic) bond motifs is 1. The molecule has 2 heterocycles. The number of aromatic nitrogens is 2. The van der Waals surface area contributed by atoms with Gasteiger partial charge in [0.15, 0.2) is 6.29 Å². The normalized spacial score (nSPS) is 15.0. The number of rotatable bonds is 1. The summed E-state index contributed by atoms with van der Waals surface area (Å²) in [6.07, 6.45) is 0.860. The Kier molecular flexibility index (Phi) is 1.29. The van der Waals surface area contributed by atoms with Crippen molar-refractivity contribution >= 4 is 6.29 Å². The number of aryl methyl sites for hydroxylation is 1. The highest BCUT2D eigenvalue weighted by molar-refractivity contribution is 5.75. The molecule has 0 bridgehead atoms. The van der Waals surface area contributed by atoms with Crippen molar-refractivity contribution < 1.29 is 4.79 Å². The van der Waals surface area contributed by atoms with Crippen LogP contribution in [0.1, 0.15) is 21.7 Å². The third-order valence-electron chi connectivity index (χ3n) is 1.98. The van der Waals surface area contributed by atoms with Gasteiger partial charge in [-0.05, 0) is 0 Å². The minimum atomic E-state index is 0.699. The van der Waals surface area contributed by atoms with Crippen LogP contribution < -0.4 is 5.32 Å². The second kappa shape index (κ2) is 2.17. The monoisotopic (exact) mass is 151 g/mol. The highest BCUT2D eigenvalue weighted by atomic mass is 16.1. The number of carbonyl (C=O) groups is 1. The van der Waals surface area contributed by atoms with E-state index in [2.05, 4.69) is 10.4 Å². The Bertz CT molecular complexity index is 303. The SMILES string of the molecule is Cn1nc2c(c1C=O)CNC2. The first-order valence-corrected chi connectivity index (χ1v) is 3.53. The largest absolute Gasteiger partial charge is 0.307 e. The van der Waals surface area contributed by atoms with Crippen LogP contribution in [-0.2, 0) is 20.1 Å². The van der Waals surface area contributed by atoms with Gasteiger partial charge >= 0.3 is 0 Å². The van der Waals surface area contributed by atoms with Crippen molar-refractivity contribution in [1.82, 2.24) is 15.1 Å². The first kappa shape index (κ1) is 6.54. The average Bonchev–Trinajstić information content (AvgIpc) is 2.46. The van der Waals surface area contributed by atoms with Gasteiger partial charge < -0.3 is 5.32 Å². The third-order valence-corrected chi connectivity index (χ3v) is 1.98. The molecular weight excluding hydrogens is 142 g/mol. The lowest BCUT2D eigenvalue weighted by molar-refractivity contribution is 0.111. The summed E-state index contributed by atoms with van der Waals surface area (Å²) >= 11 is 0. The van der Waals surface area contributed by atoms with Crippen molar-refractivity contribution in [2.75, 3.05) is 0 Å². The number of nitrogens with one attached hydrogen (secondary N) is 1. The molecule has 0 radical (unpaired) electrons. The maximum Gasteiger partial charge on any atom is 0.168 e. The molecule has 58 valence electrons. The van der Waals surface area contributed by atoms with E-state index < -0.39 is 0 Å². The minimum Gasteiger partial charge on any atom is -0.307 e. The van der Waals surface area contributed by atoms with E-state index in [9.17, 15) is 4.79 Å². The molecule has 0 atom stereocenters. The van der Waals surface area contributed by atoms with Crippen LogP contribution in [0.3, 0.4) is 0 Å². The second-order valence-corrected chi connectivity index (χ2v) is 2.66. The molecule has 4 nitrogen and oxygen atoms in total. The van der Waals surface area contributed by atoms with Crippen LogP contribution in [0, 0.1) is 0 Å². The predicted molar refractivity (Wildman–Crippen MR) is 39.1 cm³/mol. The van der Waals surface area contributed by atoms with Crippen LogP contribution in [0.5, 0.6) is 0 Å². The lowest BCUT2D eigenvalue weighted by Gasteiger charge is -1.94. The standard InChI is InChI=1S/C7H9N3O/c1-10-7(4-11)5-2-8-3-6(5)9-10/h4,8H,2-3H2,1H3. The molecule has 0 amide bonds. The Morgan fingerprint density at radius 3 is 3.18 bits per heavy atom. The summed E-state index contributed by atoms with van der Waals surface area (Å²) in [5.74, 6) is 0. The molecule has 0 aliphatic carbocycles. The molecule has 1 aromatic heterocycles. The van der Waals surface area contributed by atoms with Crippen molar-refractivity contribution in [3.63, 3.8) is 0 Å². The minimum absolute atomic E-state index is 0.699. The molecule has 1 N–H and O–H groups in total. The van der Waals surface area contributed by atoms with Gasteiger partial charge in [-0.15, -0.1) is 0 Å². The maximum atomic E-state index is 10.6. The zero-order valence-corrected chi connectivity index (χ0v) is 6.29. The van der Waals surface area contributed by atoms with Gasteiger partial charge in [0, 0.05) is 25.7 Å². The van der Waals surface area contributed by atoms with E-state index in [1.54, 1.807) is 11.7 Å². The highest BCUT2D eigenvalue weighted by Crippen LogP contribution is 2.16. The molecule has 0 saturated carbocycles. The molecular formula is C7H9N3O. The number of aldehydes is 1. The number of hydrogen-bond donors (Lipinski definition) is 1. The Morgan fingerprint density at radius 1 is 1.64 bits per heavy atom. The number of carbonyl (C=O) groups excluding carboxylic acids is 1. The van der Waals surface area contributed by atoms with Crippen LogP contribution in [0.15, 0.2) is 0 Å². The van der Waals surface area contributed by atoms with Crippen LogP contribution in [0.25, 0.3) is 0 Å². The molecule has 1 aliphatic heterocycles. The molecule has 0 aromatic carbocycles. The van der Waals surface area contributed by atoms with Crippen LogP contribution >= 0.6 is 0 Å². The van der Waals surface area contributed by atoms with E-state index in [-0.39, 0.29) is 0 Å². The van der Waals surface area contributed by atoms with Crippen LogP contribution in [0.2, 0.25) is 0 Å². The molecule has 0 saturated heterocycles. The third kappa shape index (κ3) is 0.793. The summed E-state index contributed by atoms with van der Waals surface area (Å²) in [7, 11) is 1.79. The summed E-state index contributed by atoms with van der Waals surface area (Å²) in [6.45, 7) is 1.56. The fraction of sp³-hybridized carbons (Fsp3) is 0.429. The van der Waals surface area contributed by atoms with Crippen molar-refractivity contribution in [1.29, 1.82) is 0 Å². The Hall–Kier alpha value is -1.16. The van der Waals surface area contributed by atoms with Gasteiger partial charge in [0.05, 0.1) is 5.69 Å². The second-order valence-electron chi connectivity index (χ2n) is 2.66. The topological polar surface area (TPSA) is 46.9 Å². The molecule has 0 spiro atoms. The quantitative estimate of drug-likeness (QED) is 0.567.